The molecule has 0 saturated carbocycles. The molecule has 0 bridgehead atoms. The van der Waals surface area contributed by atoms with Crippen molar-refractivity contribution in [1.82, 2.24) is 5.32 Å². The first-order valence-corrected chi connectivity index (χ1v) is 9.02. The number of rotatable bonds is 7. The van der Waals surface area contributed by atoms with Gasteiger partial charge in [-0.15, -0.1) is 11.3 Å². The fourth-order valence-electron chi connectivity index (χ4n) is 1.98. The lowest BCUT2D eigenvalue weighted by Gasteiger charge is -2.08. The molecule has 1 aromatic heterocycles. The second-order valence-corrected chi connectivity index (χ2v) is 6.99. The van der Waals surface area contributed by atoms with E-state index in [1.54, 1.807) is 18.2 Å². The topological polar surface area (TPSA) is 75.3 Å². The number of hydrogen-bond donors (Lipinski definition) is 2. The van der Waals surface area contributed by atoms with Gasteiger partial charge in [-0.05, 0) is 42.1 Å². The Bertz CT molecular complexity index is 744. The van der Waals surface area contributed by atoms with Gasteiger partial charge in [-0.2, -0.15) is 0 Å². The Morgan fingerprint density at radius 1 is 1.12 bits per heavy atom. The molecule has 126 valence electrons. The zero-order chi connectivity index (χ0) is 17.5. The molecular formula is C17H17BrN2O3S. The third-order valence-corrected chi connectivity index (χ3v) is 5.06. The molecule has 0 aliphatic rings. The van der Waals surface area contributed by atoms with Crippen LogP contribution in [0.15, 0.2) is 40.2 Å². The molecular weight excluding hydrogens is 392 g/mol. The molecule has 0 unspecified atom stereocenters. The van der Waals surface area contributed by atoms with Crippen LogP contribution in [0.5, 0.6) is 0 Å². The average Bonchev–Trinajstić information content (AvgIpc) is 3.08. The summed E-state index contributed by atoms with van der Waals surface area (Å²) in [4.78, 5) is 36.0. The van der Waals surface area contributed by atoms with Crippen LogP contribution in [0.25, 0.3) is 0 Å². The lowest BCUT2D eigenvalue weighted by atomic mass is 10.2. The molecule has 0 spiro atoms. The lowest BCUT2D eigenvalue weighted by molar-refractivity contribution is -0.124. The van der Waals surface area contributed by atoms with Gasteiger partial charge < -0.3 is 10.6 Å². The number of carbonyl (C=O) groups excluding carboxylic acids is 3. The molecule has 0 radical (unpaired) electrons. The van der Waals surface area contributed by atoms with Gasteiger partial charge in [-0.1, -0.05) is 22.0 Å². The van der Waals surface area contributed by atoms with Crippen molar-refractivity contribution >= 4 is 50.6 Å². The molecule has 0 saturated heterocycles. The van der Waals surface area contributed by atoms with Gasteiger partial charge in [-0.25, -0.2) is 0 Å². The molecule has 2 N–H and O–H groups in total. The van der Waals surface area contributed by atoms with Crippen molar-refractivity contribution in [2.24, 2.45) is 0 Å². The summed E-state index contributed by atoms with van der Waals surface area (Å²) in [5, 5.41) is 7.05. The minimum Gasteiger partial charge on any atom is -0.347 e. The van der Waals surface area contributed by atoms with Crippen molar-refractivity contribution in [1.29, 1.82) is 0 Å². The van der Waals surface area contributed by atoms with Gasteiger partial charge in [0.2, 0.25) is 11.8 Å². The Labute approximate surface area is 152 Å². The molecule has 0 aliphatic carbocycles. The molecule has 7 heteroatoms. The molecule has 0 aliphatic heterocycles. The third-order valence-electron chi connectivity index (χ3n) is 3.26. The minimum absolute atomic E-state index is 0.0602. The highest BCUT2D eigenvalue weighted by atomic mass is 79.9. The number of hydrogen-bond acceptors (Lipinski definition) is 4. The predicted octanol–water partition coefficient (Wildman–Crippen LogP) is 3.54. The third kappa shape index (κ3) is 5.58. The van der Waals surface area contributed by atoms with Crippen LogP contribution in [0.2, 0.25) is 0 Å². The zero-order valence-corrected chi connectivity index (χ0v) is 15.5. The predicted molar refractivity (Wildman–Crippen MR) is 98.4 cm³/mol. The Kier molecular flexibility index (Phi) is 6.69. The van der Waals surface area contributed by atoms with Gasteiger partial charge in [-0.3, -0.25) is 14.4 Å². The molecule has 1 heterocycles. The summed E-state index contributed by atoms with van der Waals surface area (Å²) >= 11 is 4.75. The van der Waals surface area contributed by atoms with E-state index in [1.807, 2.05) is 24.4 Å². The SMILES string of the molecule is Cc1cc(NC(=O)CNC(=O)CCC(=O)c2cccs2)ccc1Br. The van der Waals surface area contributed by atoms with Crippen LogP contribution in [-0.2, 0) is 9.59 Å². The summed E-state index contributed by atoms with van der Waals surface area (Å²) < 4.78 is 0.962. The molecule has 5 nitrogen and oxygen atoms in total. The number of anilines is 1. The first kappa shape index (κ1) is 18.4. The molecule has 2 amide bonds. The molecule has 1 aromatic carbocycles. The standard InChI is InChI=1S/C17H17BrN2O3S/c1-11-9-12(4-5-13(11)18)20-17(23)10-19-16(22)7-6-14(21)15-3-2-8-24-15/h2-5,8-9H,6-7,10H2,1H3,(H,19,22)(H,20,23). The minimum atomic E-state index is -0.318. The van der Waals surface area contributed by atoms with Gasteiger partial charge in [0.15, 0.2) is 5.78 Å². The maximum Gasteiger partial charge on any atom is 0.243 e. The highest BCUT2D eigenvalue weighted by Crippen LogP contribution is 2.19. The van der Waals surface area contributed by atoms with Crippen molar-refractivity contribution in [2.75, 3.05) is 11.9 Å². The van der Waals surface area contributed by atoms with E-state index >= 15 is 0 Å². The summed E-state index contributed by atoms with van der Waals surface area (Å²) in [5.41, 5.74) is 1.67. The van der Waals surface area contributed by atoms with Crippen LogP contribution in [0.3, 0.4) is 0 Å². The summed E-state index contributed by atoms with van der Waals surface area (Å²) in [7, 11) is 0. The summed E-state index contributed by atoms with van der Waals surface area (Å²) in [5.74, 6) is -0.688. The quantitative estimate of drug-likeness (QED) is 0.687. The number of carbonyl (C=O) groups is 3. The fourth-order valence-corrected chi connectivity index (χ4v) is 2.92. The highest BCUT2D eigenvalue weighted by molar-refractivity contribution is 9.10. The largest absolute Gasteiger partial charge is 0.347 e. The normalized spacial score (nSPS) is 10.2. The van der Waals surface area contributed by atoms with E-state index in [4.69, 9.17) is 0 Å². The average molecular weight is 409 g/mol. The van der Waals surface area contributed by atoms with E-state index < -0.39 is 0 Å². The second kappa shape index (κ2) is 8.75. The van der Waals surface area contributed by atoms with Gasteiger partial charge in [0, 0.05) is 23.0 Å². The first-order chi connectivity index (χ1) is 11.5. The van der Waals surface area contributed by atoms with Crippen molar-refractivity contribution in [3.8, 4) is 0 Å². The number of benzene rings is 1. The van der Waals surface area contributed by atoms with E-state index in [9.17, 15) is 14.4 Å². The van der Waals surface area contributed by atoms with E-state index in [1.165, 1.54) is 11.3 Å². The molecule has 0 fully saturated rings. The maximum absolute atomic E-state index is 11.8. The smallest absolute Gasteiger partial charge is 0.243 e. The Morgan fingerprint density at radius 3 is 2.58 bits per heavy atom. The molecule has 2 rings (SSSR count). The van der Waals surface area contributed by atoms with Crippen LogP contribution < -0.4 is 10.6 Å². The number of ketones is 1. The zero-order valence-electron chi connectivity index (χ0n) is 13.1. The van der Waals surface area contributed by atoms with Gasteiger partial charge in [0.1, 0.15) is 0 Å². The van der Waals surface area contributed by atoms with E-state index in [-0.39, 0.29) is 37.0 Å². The Hall–Kier alpha value is -1.99. The van der Waals surface area contributed by atoms with Crippen molar-refractivity contribution in [3.63, 3.8) is 0 Å². The van der Waals surface area contributed by atoms with E-state index in [0.29, 0.717) is 10.6 Å². The van der Waals surface area contributed by atoms with Crippen LogP contribution in [0.1, 0.15) is 28.1 Å². The van der Waals surface area contributed by atoms with E-state index in [2.05, 4.69) is 26.6 Å². The Balaban J connectivity index is 1.72. The van der Waals surface area contributed by atoms with Gasteiger partial charge in [0.05, 0.1) is 11.4 Å². The second-order valence-electron chi connectivity index (χ2n) is 5.19. The Morgan fingerprint density at radius 2 is 1.92 bits per heavy atom. The van der Waals surface area contributed by atoms with Crippen LogP contribution >= 0.6 is 27.3 Å². The first-order valence-electron chi connectivity index (χ1n) is 7.35. The summed E-state index contributed by atoms with van der Waals surface area (Å²) in [6.07, 6.45) is 0.210. The van der Waals surface area contributed by atoms with Crippen LogP contribution in [0.4, 0.5) is 5.69 Å². The van der Waals surface area contributed by atoms with Gasteiger partial charge in [0.25, 0.3) is 0 Å². The fraction of sp³-hybridized carbons (Fsp3) is 0.235. The number of thiophene rings is 1. The number of aryl methyl sites for hydroxylation is 1. The van der Waals surface area contributed by atoms with Crippen LogP contribution in [-0.4, -0.2) is 24.1 Å². The van der Waals surface area contributed by atoms with Crippen LogP contribution in [0, 0.1) is 6.92 Å². The van der Waals surface area contributed by atoms with Crippen molar-refractivity contribution in [2.45, 2.75) is 19.8 Å². The highest BCUT2D eigenvalue weighted by Gasteiger charge is 2.11. The summed E-state index contributed by atoms with van der Waals surface area (Å²) in [6, 6.07) is 8.99. The number of halogens is 1. The van der Waals surface area contributed by atoms with Gasteiger partial charge >= 0.3 is 0 Å². The molecule has 24 heavy (non-hydrogen) atoms. The van der Waals surface area contributed by atoms with Crippen molar-refractivity contribution < 1.29 is 14.4 Å². The number of amides is 2. The molecule has 0 atom stereocenters. The van der Waals surface area contributed by atoms with E-state index in [0.717, 1.165) is 10.0 Å². The molecule has 2 aromatic rings. The maximum atomic E-state index is 11.8. The summed E-state index contributed by atoms with van der Waals surface area (Å²) in [6.45, 7) is 1.80. The monoisotopic (exact) mass is 408 g/mol. The van der Waals surface area contributed by atoms with Crippen molar-refractivity contribution in [3.05, 3.63) is 50.6 Å². The number of nitrogens with one attached hydrogen (secondary N) is 2. The number of Topliss-reactive ketones (excluding diaryl/α,β-unsaturated/α-hetero) is 1. The lowest BCUT2D eigenvalue weighted by Crippen LogP contribution is -2.33.